The van der Waals surface area contributed by atoms with E-state index in [1.54, 1.807) is 12.1 Å². The molecule has 0 saturated carbocycles. The van der Waals surface area contributed by atoms with Crippen molar-refractivity contribution in [2.75, 3.05) is 5.32 Å². The van der Waals surface area contributed by atoms with Gasteiger partial charge in [-0.25, -0.2) is 9.97 Å². The van der Waals surface area contributed by atoms with Gasteiger partial charge in [0.1, 0.15) is 17.1 Å². The minimum Gasteiger partial charge on any atom is -0.505 e. The Morgan fingerprint density at radius 3 is 2.33 bits per heavy atom. The highest BCUT2D eigenvalue weighted by atomic mass is 16.6. The molecule has 2 heterocycles. The van der Waals surface area contributed by atoms with E-state index in [1.165, 1.54) is 12.1 Å². The zero-order chi connectivity index (χ0) is 21.3. The van der Waals surface area contributed by atoms with Gasteiger partial charge in [0.25, 0.3) is 5.69 Å². The minimum absolute atomic E-state index is 0.00575. The average molecular weight is 400 g/mol. The van der Waals surface area contributed by atoms with E-state index in [9.17, 15) is 15.2 Å². The highest BCUT2D eigenvalue weighted by Crippen LogP contribution is 2.36. The molecule has 1 atom stereocenters. The van der Waals surface area contributed by atoms with Crippen molar-refractivity contribution in [3.8, 4) is 5.75 Å². The Bertz CT molecular complexity index is 1240. The number of benzene rings is 2. The molecule has 0 unspecified atom stereocenters. The molecule has 0 fully saturated rings. The lowest BCUT2D eigenvalue weighted by molar-refractivity contribution is -0.384. The van der Waals surface area contributed by atoms with Crippen LogP contribution < -0.4 is 5.32 Å². The summed E-state index contributed by atoms with van der Waals surface area (Å²) in [6.07, 6.45) is 0. The number of phenols is 1. The molecule has 0 bridgehead atoms. The molecule has 0 aliphatic rings. The highest BCUT2D eigenvalue weighted by molar-refractivity contribution is 5.86. The number of pyridine rings is 2. The molecule has 0 radical (unpaired) electrons. The summed E-state index contributed by atoms with van der Waals surface area (Å²) in [5, 5.41) is 26.3. The van der Waals surface area contributed by atoms with Crippen LogP contribution in [0, 0.1) is 24.0 Å². The van der Waals surface area contributed by atoms with Crippen LogP contribution >= 0.6 is 0 Å². The normalized spacial score (nSPS) is 11.9. The maximum Gasteiger partial charge on any atom is 0.269 e. The number of non-ortho nitro benzene ring substituents is 1. The van der Waals surface area contributed by atoms with Crippen molar-refractivity contribution in [2.24, 2.45) is 0 Å². The van der Waals surface area contributed by atoms with Gasteiger partial charge in [-0.1, -0.05) is 24.3 Å². The largest absolute Gasteiger partial charge is 0.505 e. The van der Waals surface area contributed by atoms with E-state index in [2.05, 4.69) is 15.3 Å². The summed E-state index contributed by atoms with van der Waals surface area (Å²) in [4.78, 5) is 19.6. The SMILES string of the molecule is Cc1cccc(N[C@H](c2ccc([N+](=O)[O-])cc2)c2ccc3ccc(C)nc3c2O)n1. The first-order valence-corrected chi connectivity index (χ1v) is 9.46. The van der Waals surface area contributed by atoms with Crippen LogP contribution in [0.5, 0.6) is 5.75 Å². The molecular weight excluding hydrogens is 380 g/mol. The first kappa shape index (κ1) is 19.3. The van der Waals surface area contributed by atoms with Crippen molar-refractivity contribution >= 4 is 22.4 Å². The fraction of sp³-hybridized carbons (Fsp3) is 0.130. The molecule has 7 nitrogen and oxygen atoms in total. The van der Waals surface area contributed by atoms with Crippen molar-refractivity contribution in [1.29, 1.82) is 0 Å². The van der Waals surface area contributed by atoms with Crippen molar-refractivity contribution < 1.29 is 10.0 Å². The summed E-state index contributed by atoms with van der Waals surface area (Å²) in [7, 11) is 0. The molecule has 2 N–H and O–H groups in total. The van der Waals surface area contributed by atoms with E-state index in [4.69, 9.17) is 0 Å². The van der Waals surface area contributed by atoms with Gasteiger partial charge in [0.15, 0.2) is 0 Å². The molecule has 150 valence electrons. The second-order valence-corrected chi connectivity index (χ2v) is 7.12. The molecule has 4 aromatic rings. The first-order valence-electron chi connectivity index (χ1n) is 9.46. The molecule has 2 aromatic carbocycles. The molecule has 0 aliphatic heterocycles. The number of nitro groups is 1. The monoisotopic (exact) mass is 400 g/mol. The second-order valence-electron chi connectivity index (χ2n) is 7.12. The smallest absolute Gasteiger partial charge is 0.269 e. The van der Waals surface area contributed by atoms with Crippen molar-refractivity contribution in [3.05, 3.63) is 99.4 Å². The lowest BCUT2D eigenvalue weighted by atomic mass is 9.96. The standard InChI is InChI=1S/C23H20N4O3/c1-14-4-3-5-20(24-14)26-21(16-8-11-18(12-9-16)27(29)30)19-13-10-17-7-6-15(2)25-22(17)23(19)28/h3-13,21,28H,1-2H3,(H,24,26)/t21-/m1/s1. The van der Waals surface area contributed by atoms with Gasteiger partial charge in [0.05, 0.1) is 11.0 Å². The van der Waals surface area contributed by atoms with Crippen molar-refractivity contribution in [2.45, 2.75) is 19.9 Å². The number of nitrogens with zero attached hydrogens (tertiary/aromatic N) is 3. The molecule has 0 aliphatic carbocycles. The number of anilines is 1. The maximum atomic E-state index is 11.0. The molecular formula is C23H20N4O3. The van der Waals surface area contributed by atoms with Gasteiger partial charge in [-0.05, 0) is 49.7 Å². The van der Waals surface area contributed by atoms with Gasteiger partial charge in [-0.3, -0.25) is 10.1 Å². The predicted molar refractivity (Wildman–Crippen MR) is 116 cm³/mol. The Labute approximate surface area is 173 Å². The van der Waals surface area contributed by atoms with Crippen LogP contribution in [-0.4, -0.2) is 20.0 Å². The van der Waals surface area contributed by atoms with Gasteiger partial charge in [0, 0.05) is 34.5 Å². The number of nitrogens with one attached hydrogen (secondary N) is 1. The Balaban J connectivity index is 1.85. The summed E-state index contributed by atoms with van der Waals surface area (Å²) >= 11 is 0. The zero-order valence-corrected chi connectivity index (χ0v) is 16.5. The molecule has 2 aromatic heterocycles. The molecule has 4 rings (SSSR count). The summed E-state index contributed by atoms with van der Waals surface area (Å²) < 4.78 is 0. The summed E-state index contributed by atoms with van der Waals surface area (Å²) in [6, 6.07) is 19.0. The lowest BCUT2D eigenvalue weighted by Gasteiger charge is -2.22. The molecule has 0 saturated heterocycles. The number of aryl methyl sites for hydroxylation is 2. The van der Waals surface area contributed by atoms with Gasteiger partial charge in [-0.2, -0.15) is 0 Å². The van der Waals surface area contributed by atoms with Crippen LogP contribution in [0.15, 0.2) is 66.7 Å². The highest BCUT2D eigenvalue weighted by Gasteiger charge is 2.21. The quantitative estimate of drug-likeness (QED) is 0.359. The number of hydrogen-bond acceptors (Lipinski definition) is 6. The number of aromatic nitrogens is 2. The Morgan fingerprint density at radius 2 is 1.63 bits per heavy atom. The molecule has 0 spiro atoms. The van der Waals surface area contributed by atoms with Crippen molar-refractivity contribution in [1.82, 2.24) is 9.97 Å². The van der Waals surface area contributed by atoms with E-state index in [-0.39, 0.29) is 11.4 Å². The maximum absolute atomic E-state index is 11.0. The fourth-order valence-electron chi connectivity index (χ4n) is 3.42. The topological polar surface area (TPSA) is 101 Å². The summed E-state index contributed by atoms with van der Waals surface area (Å²) in [5.41, 5.74) is 3.53. The summed E-state index contributed by atoms with van der Waals surface area (Å²) in [5.74, 6) is 0.703. The Hall–Kier alpha value is -4.00. The number of nitro benzene ring substituents is 1. The predicted octanol–water partition coefficient (Wildman–Crippen LogP) is 5.06. The van der Waals surface area contributed by atoms with E-state index in [0.717, 1.165) is 22.3 Å². The third-order valence-corrected chi connectivity index (χ3v) is 4.93. The van der Waals surface area contributed by atoms with Crippen LogP contribution in [0.3, 0.4) is 0 Å². The molecule has 30 heavy (non-hydrogen) atoms. The Morgan fingerprint density at radius 1 is 0.933 bits per heavy atom. The Kier molecular flexibility index (Phi) is 5.02. The number of rotatable bonds is 5. The zero-order valence-electron chi connectivity index (χ0n) is 16.5. The van der Waals surface area contributed by atoms with Gasteiger partial charge < -0.3 is 10.4 Å². The van der Waals surface area contributed by atoms with E-state index < -0.39 is 11.0 Å². The van der Waals surface area contributed by atoms with Crippen LogP contribution in [0.2, 0.25) is 0 Å². The van der Waals surface area contributed by atoms with Crippen molar-refractivity contribution in [3.63, 3.8) is 0 Å². The van der Waals surface area contributed by atoms with E-state index in [0.29, 0.717) is 16.9 Å². The average Bonchev–Trinajstić information content (AvgIpc) is 2.73. The third kappa shape index (κ3) is 3.77. The molecule has 7 heteroatoms. The van der Waals surface area contributed by atoms with Crippen LogP contribution in [-0.2, 0) is 0 Å². The third-order valence-electron chi connectivity index (χ3n) is 4.93. The van der Waals surface area contributed by atoms with Gasteiger partial charge in [0.2, 0.25) is 0 Å². The lowest BCUT2D eigenvalue weighted by Crippen LogP contribution is -2.14. The minimum atomic E-state index is -0.480. The van der Waals surface area contributed by atoms with Crippen LogP contribution in [0.1, 0.15) is 28.6 Å². The van der Waals surface area contributed by atoms with Crippen LogP contribution in [0.25, 0.3) is 10.9 Å². The fourth-order valence-corrected chi connectivity index (χ4v) is 3.42. The summed E-state index contributed by atoms with van der Waals surface area (Å²) in [6.45, 7) is 3.76. The number of hydrogen-bond donors (Lipinski definition) is 2. The number of fused-ring (bicyclic) bond motifs is 1. The second kappa shape index (κ2) is 7.79. The molecule has 0 amide bonds. The van der Waals surface area contributed by atoms with Gasteiger partial charge >= 0.3 is 0 Å². The van der Waals surface area contributed by atoms with E-state index in [1.807, 2.05) is 56.3 Å². The first-order chi connectivity index (χ1) is 14.4. The number of phenolic OH excluding ortho intramolecular Hbond substituents is 1. The van der Waals surface area contributed by atoms with Gasteiger partial charge in [-0.15, -0.1) is 0 Å². The van der Waals surface area contributed by atoms with Crippen LogP contribution in [0.4, 0.5) is 11.5 Å². The number of aromatic hydroxyl groups is 1. The van der Waals surface area contributed by atoms with E-state index >= 15 is 0 Å².